The number of rotatable bonds is 4. The Morgan fingerprint density at radius 3 is 2.81 bits per heavy atom. The van der Waals surface area contributed by atoms with Gasteiger partial charge in [0.1, 0.15) is 5.69 Å². The van der Waals surface area contributed by atoms with E-state index in [9.17, 15) is 14.9 Å². The maximum atomic E-state index is 12.3. The predicted octanol–water partition coefficient (Wildman–Crippen LogP) is 1.69. The molecule has 0 radical (unpaired) electrons. The van der Waals surface area contributed by atoms with Crippen molar-refractivity contribution in [1.29, 1.82) is 0 Å². The van der Waals surface area contributed by atoms with Crippen molar-refractivity contribution < 1.29 is 14.5 Å². The minimum absolute atomic E-state index is 0.0442. The first kappa shape index (κ1) is 13.8. The standard InChI is InChI=1S/C14H17N3O4/c1-15-10-6-8(2-4-12(10)17(19)20)14(18)16-11-7-9-3-5-13(11)21-9/h2,4,6,9,11,13,15H,3,5,7H2,1H3,(H,16,18). The zero-order valence-corrected chi connectivity index (χ0v) is 11.7. The lowest BCUT2D eigenvalue weighted by atomic mass is 9.95. The molecule has 3 atom stereocenters. The molecule has 2 saturated heterocycles. The summed E-state index contributed by atoms with van der Waals surface area (Å²) in [5.41, 5.74) is 0.696. The quantitative estimate of drug-likeness (QED) is 0.650. The third kappa shape index (κ3) is 2.56. The lowest BCUT2D eigenvalue weighted by Gasteiger charge is -2.20. The molecule has 0 aliphatic carbocycles. The molecule has 2 heterocycles. The van der Waals surface area contributed by atoms with Crippen LogP contribution in [-0.2, 0) is 4.74 Å². The molecule has 7 heteroatoms. The molecule has 112 valence electrons. The lowest BCUT2D eigenvalue weighted by molar-refractivity contribution is -0.383. The average molecular weight is 291 g/mol. The van der Waals surface area contributed by atoms with E-state index >= 15 is 0 Å². The molecule has 0 saturated carbocycles. The molecule has 1 amide bonds. The van der Waals surface area contributed by atoms with Gasteiger partial charge in [0.2, 0.25) is 0 Å². The van der Waals surface area contributed by atoms with Crippen LogP contribution in [0.15, 0.2) is 18.2 Å². The molecule has 2 fully saturated rings. The molecule has 2 aliphatic heterocycles. The van der Waals surface area contributed by atoms with E-state index in [1.807, 2.05) is 0 Å². The number of hydrogen-bond acceptors (Lipinski definition) is 5. The van der Waals surface area contributed by atoms with Gasteiger partial charge in [-0.25, -0.2) is 0 Å². The summed E-state index contributed by atoms with van der Waals surface area (Å²) in [7, 11) is 1.59. The van der Waals surface area contributed by atoms with Crippen LogP contribution in [0.4, 0.5) is 11.4 Å². The van der Waals surface area contributed by atoms with Crippen LogP contribution in [0, 0.1) is 10.1 Å². The molecule has 1 aromatic rings. The molecule has 2 bridgehead atoms. The Hall–Kier alpha value is -2.15. The number of carbonyl (C=O) groups is 1. The minimum Gasteiger partial charge on any atom is -0.383 e. The Kier molecular flexibility index (Phi) is 3.50. The molecule has 2 aliphatic rings. The largest absolute Gasteiger partial charge is 0.383 e. The zero-order valence-electron chi connectivity index (χ0n) is 11.7. The zero-order chi connectivity index (χ0) is 15.0. The van der Waals surface area contributed by atoms with Crippen LogP contribution >= 0.6 is 0 Å². The highest BCUT2D eigenvalue weighted by molar-refractivity contribution is 5.96. The Labute approximate surface area is 121 Å². The van der Waals surface area contributed by atoms with E-state index in [1.165, 1.54) is 18.2 Å². The van der Waals surface area contributed by atoms with Gasteiger partial charge in [-0.3, -0.25) is 14.9 Å². The molecule has 3 rings (SSSR count). The number of nitrogens with zero attached hydrogens (tertiary/aromatic N) is 1. The van der Waals surface area contributed by atoms with E-state index in [0.717, 1.165) is 19.3 Å². The fourth-order valence-corrected chi connectivity index (χ4v) is 3.08. The van der Waals surface area contributed by atoms with Crippen LogP contribution in [0.2, 0.25) is 0 Å². The summed E-state index contributed by atoms with van der Waals surface area (Å²) in [5.74, 6) is -0.220. The second-order valence-electron chi connectivity index (χ2n) is 5.43. The maximum absolute atomic E-state index is 12.3. The molecule has 7 nitrogen and oxygen atoms in total. The number of nitrogens with one attached hydrogen (secondary N) is 2. The first-order chi connectivity index (χ1) is 10.1. The van der Waals surface area contributed by atoms with Gasteiger partial charge >= 0.3 is 0 Å². The van der Waals surface area contributed by atoms with Gasteiger partial charge in [0.25, 0.3) is 11.6 Å². The number of benzene rings is 1. The van der Waals surface area contributed by atoms with Crippen molar-refractivity contribution in [2.24, 2.45) is 0 Å². The van der Waals surface area contributed by atoms with Crippen LogP contribution in [0.25, 0.3) is 0 Å². The summed E-state index contributed by atoms with van der Waals surface area (Å²) in [6.45, 7) is 0. The van der Waals surface area contributed by atoms with Gasteiger partial charge in [0, 0.05) is 18.7 Å². The van der Waals surface area contributed by atoms with E-state index in [-0.39, 0.29) is 29.8 Å². The van der Waals surface area contributed by atoms with Crippen LogP contribution in [-0.4, -0.2) is 36.1 Å². The monoisotopic (exact) mass is 291 g/mol. The smallest absolute Gasteiger partial charge is 0.292 e. The Morgan fingerprint density at radius 2 is 2.24 bits per heavy atom. The van der Waals surface area contributed by atoms with E-state index in [2.05, 4.69) is 10.6 Å². The molecule has 3 unspecified atom stereocenters. The van der Waals surface area contributed by atoms with Crippen LogP contribution in [0.3, 0.4) is 0 Å². The van der Waals surface area contributed by atoms with E-state index in [0.29, 0.717) is 11.3 Å². The van der Waals surface area contributed by atoms with Crippen molar-refractivity contribution in [1.82, 2.24) is 5.32 Å². The average Bonchev–Trinajstić information content (AvgIpc) is 3.08. The number of nitro benzene ring substituents is 1. The summed E-state index contributed by atoms with van der Waals surface area (Å²) < 4.78 is 5.70. The summed E-state index contributed by atoms with van der Waals surface area (Å²) >= 11 is 0. The first-order valence-corrected chi connectivity index (χ1v) is 7.01. The van der Waals surface area contributed by atoms with E-state index in [1.54, 1.807) is 7.05 Å². The van der Waals surface area contributed by atoms with Crippen LogP contribution in [0.1, 0.15) is 29.6 Å². The molecule has 2 N–H and O–H groups in total. The summed E-state index contributed by atoms with van der Waals surface area (Å²) in [6, 6.07) is 4.37. The molecule has 0 aromatic heterocycles. The fraction of sp³-hybridized carbons (Fsp3) is 0.500. The maximum Gasteiger partial charge on any atom is 0.292 e. The first-order valence-electron chi connectivity index (χ1n) is 7.01. The second kappa shape index (κ2) is 5.33. The van der Waals surface area contributed by atoms with Gasteiger partial charge in [-0.1, -0.05) is 0 Å². The van der Waals surface area contributed by atoms with Crippen molar-refractivity contribution in [3.05, 3.63) is 33.9 Å². The highest BCUT2D eigenvalue weighted by Crippen LogP contribution is 2.34. The van der Waals surface area contributed by atoms with Crippen LogP contribution in [0.5, 0.6) is 0 Å². The minimum atomic E-state index is -0.475. The molecular formula is C14H17N3O4. The number of ether oxygens (including phenoxy) is 1. The Morgan fingerprint density at radius 1 is 1.43 bits per heavy atom. The third-order valence-corrected chi connectivity index (χ3v) is 4.15. The summed E-state index contributed by atoms with van der Waals surface area (Å²) in [6.07, 6.45) is 3.28. The number of anilines is 1. The van der Waals surface area contributed by atoms with Gasteiger partial charge < -0.3 is 15.4 Å². The van der Waals surface area contributed by atoms with Crippen molar-refractivity contribution in [2.45, 2.75) is 37.5 Å². The molecule has 0 spiro atoms. The topological polar surface area (TPSA) is 93.5 Å². The van der Waals surface area contributed by atoms with Gasteiger partial charge in [0.05, 0.1) is 23.2 Å². The number of amides is 1. The van der Waals surface area contributed by atoms with Crippen molar-refractivity contribution in [3.8, 4) is 0 Å². The highest BCUT2D eigenvalue weighted by atomic mass is 16.6. The normalized spacial score (nSPS) is 26.6. The SMILES string of the molecule is CNc1cc(C(=O)NC2CC3CCC2O3)ccc1[N+](=O)[O-]. The molecule has 1 aromatic carbocycles. The fourth-order valence-electron chi connectivity index (χ4n) is 3.08. The van der Waals surface area contributed by atoms with Crippen LogP contribution < -0.4 is 10.6 Å². The Balaban J connectivity index is 1.74. The second-order valence-corrected chi connectivity index (χ2v) is 5.43. The number of hydrogen-bond donors (Lipinski definition) is 2. The number of nitro groups is 1. The summed E-state index contributed by atoms with van der Waals surface area (Å²) in [5, 5.41) is 16.6. The summed E-state index contributed by atoms with van der Waals surface area (Å²) in [4.78, 5) is 22.7. The lowest BCUT2D eigenvalue weighted by Crippen LogP contribution is -2.41. The van der Waals surface area contributed by atoms with E-state index < -0.39 is 4.92 Å². The molecular weight excluding hydrogens is 274 g/mol. The Bertz CT molecular complexity index is 590. The van der Waals surface area contributed by atoms with E-state index in [4.69, 9.17) is 4.74 Å². The van der Waals surface area contributed by atoms with Gasteiger partial charge in [-0.05, 0) is 31.4 Å². The highest BCUT2D eigenvalue weighted by Gasteiger charge is 2.41. The van der Waals surface area contributed by atoms with Gasteiger partial charge in [-0.15, -0.1) is 0 Å². The van der Waals surface area contributed by atoms with Crippen molar-refractivity contribution >= 4 is 17.3 Å². The number of carbonyl (C=O) groups excluding carboxylic acids is 1. The number of fused-ring (bicyclic) bond motifs is 2. The van der Waals surface area contributed by atoms with Crippen molar-refractivity contribution in [3.63, 3.8) is 0 Å². The van der Waals surface area contributed by atoms with Gasteiger partial charge in [-0.2, -0.15) is 0 Å². The van der Waals surface area contributed by atoms with Crippen molar-refractivity contribution in [2.75, 3.05) is 12.4 Å². The van der Waals surface area contributed by atoms with Gasteiger partial charge in [0.15, 0.2) is 0 Å². The molecule has 21 heavy (non-hydrogen) atoms. The predicted molar refractivity (Wildman–Crippen MR) is 76.4 cm³/mol. The third-order valence-electron chi connectivity index (χ3n) is 4.15.